The Bertz CT molecular complexity index is 2000. The fourth-order valence-corrected chi connectivity index (χ4v) is 7.81. The highest BCUT2D eigenvalue weighted by molar-refractivity contribution is 6.72. The summed E-state index contributed by atoms with van der Waals surface area (Å²) in [5.74, 6) is 0. The van der Waals surface area contributed by atoms with Gasteiger partial charge in [-0.3, -0.25) is 0 Å². The van der Waals surface area contributed by atoms with Gasteiger partial charge in [-0.2, -0.15) is 0 Å². The molecule has 178 valence electrons. The largest absolute Gasteiger partial charge is 0.356 e. The zero-order valence-corrected chi connectivity index (χ0v) is 27.0. The van der Waals surface area contributed by atoms with E-state index < -0.39 is 0 Å². The first kappa shape index (κ1) is 27.6. The van der Waals surface area contributed by atoms with Gasteiger partial charge in [0.25, 0.3) is 0 Å². The standard InChI is InChI=1S/C24H30B14N2/c25-7-1(9(27)17(35)21-3(7)5-11(29)13(31)15(33)19(37)23(5)39-21)2-8(26)4-6-12(30)14(32)16(34)20(38)24(6)40-22(4)18(36)10(2)28/h39-40H,25-38H2. The molecule has 6 rings (SSSR count). The number of benzene rings is 4. The Kier molecular flexibility index (Phi) is 6.16. The van der Waals surface area contributed by atoms with Gasteiger partial charge in [0.15, 0.2) is 0 Å². The molecule has 0 fully saturated rings. The zero-order chi connectivity index (χ0) is 29.3. The molecule has 0 unspecified atom stereocenters. The van der Waals surface area contributed by atoms with Gasteiger partial charge in [-0.05, 0) is 21.9 Å². The molecule has 16 heteroatoms. The van der Waals surface area contributed by atoms with Crippen LogP contribution in [0.4, 0.5) is 0 Å². The summed E-state index contributed by atoms with van der Waals surface area (Å²) < 4.78 is 0. The molecule has 2 N–H and O–H groups in total. The van der Waals surface area contributed by atoms with E-state index >= 15 is 0 Å². The Balaban J connectivity index is 1.86. The summed E-state index contributed by atoms with van der Waals surface area (Å²) in [5, 5.41) is 5.59. The molecule has 2 nitrogen and oxygen atoms in total. The van der Waals surface area contributed by atoms with Crippen LogP contribution in [0.1, 0.15) is 0 Å². The lowest BCUT2D eigenvalue weighted by molar-refractivity contribution is 1.59. The Labute approximate surface area is 250 Å². The molecular weight excluding hydrogens is 468 g/mol. The Morgan fingerprint density at radius 1 is 0.225 bits per heavy atom. The van der Waals surface area contributed by atoms with Crippen molar-refractivity contribution in [3.05, 3.63) is 0 Å². The molecule has 4 aromatic carbocycles. The predicted octanol–water partition coefficient (Wildman–Crippen LogP) is -17.8. The molecular formula is C24H30B14N2. The molecule has 2 heterocycles. The molecule has 0 saturated heterocycles. The maximum Gasteiger partial charge on any atom is 0.141 e. The number of hydrogen-bond acceptors (Lipinski definition) is 0. The number of hydrogen-bond donors (Lipinski definition) is 2. The first-order valence-corrected chi connectivity index (χ1v) is 14.8. The van der Waals surface area contributed by atoms with Gasteiger partial charge in [-0.25, -0.2) is 0 Å². The van der Waals surface area contributed by atoms with E-state index in [1.807, 2.05) is 0 Å². The van der Waals surface area contributed by atoms with Crippen LogP contribution >= 0.6 is 0 Å². The molecule has 0 saturated carbocycles. The first-order valence-electron chi connectivity index (χ1n) is 14.8. The van der Waals surface area contributed by atoms with Crippen LogP contribution in [0.25, 0.3) is 54.7 Å². The van der Waals surface area contributed by atoms with Crippen LogP contribution < -0.4 is 76.5 Å². The fraction of sp³-hybridized carbons (Fsp3) is 0. The van der Waals surface area contributed by atoms with Gasteiger partial charge in [0.1, 0.15) is 110 Å². The normalized spacial score (nSPS) is 11.9. The number of nitrogens with one attached hydrogen (secondary N) is 2. The highest BCUT2D eigenvalue weighted by Crippen LogP contribution is 2.25. The van der Waals surface area contributed by atoms with Crippen molar-refractivity contribution in [3.8, 4) is 11.1 Å². The van der Waals surface area contributed by atoms with E-state index in [0.717, 1.165) is 0 Å². The summed E-state index contributed by atoms with van der Waals surface area (Å²) in [7, 11) is 32.2. The molecule has 0 radical (unpaired) electrons. The van der Waals surface area contributed by atoms with Crippen LogP contribution in [-0.4, -0.2) is 120 Å². The van der Waals surface area contributed by atoms with E-state index in [2.05, 4.69) is 120 Å². The van der Waals surface area contributed by atoms with Gasteiger partial charge in [0.2, 0.25) is 0 Å². The Hall–Kier alpha value is -2.61. The minimum Gasteiger partial charge on any atom is -0.356 e. The summed E-state index contributed by atoms with van der Waals surface area (Å²) in [6.07, 6.45) is 0. The quantitative estimate of drug-likeness (QED) is 0.212. The number of aromatic nitrogens is 2. The number of aromatic amines is 2. The third-order valence-electron chi connectivity index (χ3n) is 11.2. The van der Waals surface area contributed by atoms with Crippen molar-refractivity contribution in [2.24, 2.45) is 0 Å². The maximum atomic E-state index is 3.89. The SMILES string of the molecule is Bc1c(B)c(B)c2c([nH]c3c(B)c(B)c(-c4c(B)c(B)c5[nH]c6c(B)c(B)c(B)c(B)c6c5c4B)c(B)c32)c1B. The number of fused-ring (bicyclic) bond motifs is 6. The summed E-state index contributed by atoms with van der Waals surface area (Å²) in [6.45, 7) is 0. The molecule has 2 aromatic heterocycles. The lowest BCUT2D eigenvalue weighted by atomic mass is 9.61. The van der Waals surface area contributed by atoms with Gasteiger partial charge in [0.05, 0.1) is 0 Å². The second-order valence-electron chi connectivity index (χ2n) is 12.8. The molecule has 0 amide bonds. The van der Waals surface area contributed by atoms with Crippen molar-refractivity contribution in [2.45, 2.75) is 0 Å². The molecule has 0 aliphatic carbocycles. The average Bonchev–Trinajstić information content (AvgIpc) is 3.53. The van der Waals surface area contributed by atoms with Crippen LogP contribution in [-0.2, 0) is 0 Å². The Morgan fingerprint density at radius 3 is 0.750 bits per heavy atom. The summed E-state index contributed by atoms with van der Waals surface area (Å²) in [6, 6.07) is 0. The average molecular weight is 498 g/mol. The van der Waals surface area contributed by atoms with Crippen molar-refractivity contribution in [3.63, 3.8) is 0 Å². The molecule has 0 aliphatic heterocycles. The smallest absolute Gasteiger partial charge is 0.141 e. The van der Waals surface area contributed by atoms with Gasteiger partial charge >= 0.3 is 0 Å². The van der Waals surface area contributed by atoms with Crippen molar-refractivity contribution >= 4 is 230 Å². The van der Waals surface area contributed by atoms with Crippen molar-refractivity contribution in [1.82, 2.24) is 9.97 Å². The van der Waals surface area contributed by atoms with Crippen molar-refractivity contribution in [1.29, 1.82) is 0 Å². The van der Waals surface area contributed by atoms with Crippen LogP contribution in [0.3, 0.4) is 0 Å². The second kappa shape index (κ2) is 8.94. The lowest BCUT2D eigenvalue weighted by Gasteiger charge is -2.23. The molecule has 0 atom stereocenters. The summed E-state index contributed by atoms with van der Waals surface area (Å²) in [4.78, 5) is 7.79. The van der Waals surface area contributed by atoms with Crippen molar-refractivity contribution < 1.29 is 0 Å². The van der Waals surface area contributed by atoms with Crippen LogP contribution in [0.5, 0.6) is 0 Å². The van der Waals surface area contributed by atoms with Gasteiger partial charge in [-0.15, -0.1) is 10.9 Å². The maximum absolute atomic E-state index is 3.89. The molecule has 0 spiro atoms. The minimum absolute atomic E-state index is 1.29. The fourth-order valence-electron chi connectivity index (χ4n) is 7.81. The summed E-state index contributed by atoms with van der Waals surface area (Å²) in [5.41, 5.74) is 27.4. The highest BCUT2D eigenvalue weighted by atomic mass is 14.7. The number of rotatable bonds is 1. The molecule has 0 bridgehead atoms. The van der Waals surface area contributed by atoms with Crippen molar-refractivity contribution in [2.75, 3.05) is 0 Å². The van der Waals surface area contributed by atoms with E-state index in [4.69, 9.17) is 0 Å². The summed E-state index contributed by atoms with van der Waals surface area (Å²) >= 11 is 0. The lowest BCUT2D eigenvalue weighted by Crippen LogP contribution is -2.48. The van der Waals surface area contributed by atoms with E-state index in [-0.39, 0.29) is 0 Å². The molecule has 40 heavy (non-hydrogen) atoms. The van der Waals surface area contributed by atoms with Gasteiger partial charge in [0, 0.05) is 32.8 Å². The van der Waals surface area contributed by atoms with Crippen LogP contribution in [0, 0.1) is 0 Å². The predicted molar refractivity (Wildman–Crippen MR) is 225 cm³/mol. The van der Waals surface area contributed by atoms with E-state index in [1.54, 1.807) is 0 Å². The van der Waals surface area contributed by atoms with E-state index in [1.165, 1.54) is 131 Å². The van der Waals surface area contributed by atoms with E-state index in [0.29, 0.717) is 0 Å². The zero-order valence-electron chi connectivity index (χ0n) is 27.0. The highest BCUT2D eigenvalue weighted by Gasteiger charge is 2.25. The first-order chi connectivity index (χ1) is 18.7. The number of H-pyrrole nitrogens is 2. The topological polar surface area (TPSA) is 31.6 Å². The van der Waals surface area contributed by atoms with Gasteiger partial charge in [-0.1, -0.05) is 65.6 Å². The Morgan fingerprint density at radius 2 is 0.450 bits per heavy atom. The van der Waals surface area contributed by atoms with E-state index in [9.17, 15) is 0 Å². The van der Waals surface area contributed by atoms with Crippen LogP contribution in [0.2, 0.25) is 0 Å². The third-order valence-corrected chi connectivity index (χ3v) is 11.2. The minimum atomic E-state index is 1.29. The molecule has 0 aliphatic rings. The monoisotopic (exact) mass is 500 g/mol. The third kappa shape index (κ3) is 3.26. The second-order valence-corrected chi connectivity index (χ2v) is 12.8. The van der Waals surface area contributed by atoms with Crippen LogP contribution in [0.15, 0.2) is 0 Å². The van der Waals surface area contributed by atoms with Gasteiger partial charge < -0.3 is 9.97 Å². The molecule has 6 aromatic rings.